The topological polar surface area (TPSA) is 62.5 Å². The SMILES string of the molecule is CC(C)CN1C(=O)c2cccn2C[C@H]1C(=O)O. The van der Waals surface area contributed by atoms with Crippen molar-refractivity contribution in [2.45, 2.75) is 26.4 Å². The monoisotopic (exact) mass is 236 g/mol. The van der Waals surface area contributed by atoms with E-state index in [-0.39, 0.29) is 11.8 Å². The number of carboxylic acids is 1. The van der Waals surface area contributed by atoms with Crippen LogP contribution in [0.3, 0.4) is 0 Å². The molecule has 0 spiro atoms. The molecular weight excluding hydrogens is 220 g/mol. The van der Waals surface area contributed by atoms with Crippen LogP contribution in [-0.2, 0) is 11.3 Å². The number of carboxylic acid groups (broad SMARTS) is 1. The van der Waals surface area contributed by atoms with Gasteiger partial charge < -0.3 is 14.6 Å². The molecule has 1 aliphatic heterocycles. The van der Waals surface area contributed by atoms with E-state index < -0.39 is 12.0 Å². The summed E-state index contributed by atoms with van der Waals surface area (Å²) in [5, 5.41) is 9.20. The first-order chi connectivity index (χ1) is 8.00. The van der Waals surface area contributed by atoms with E-state index in [9.17, 15) is 14.7 Å². The van der Waals surface area contributed by atoms with E-state index in [0.29, 0.717) is 18.8 Å². The van der Waals surface area contributed by atoms with Gasteiger partial charge in [0.15, 0.2) is 0 Å². The van der Waals surface area contributed by atoms with Gasteiger partial charge >= 0.3 is 5.97 Å². The number of hydrogen-bond donors (Lipinski definition) is 1. The molecule has 5 nitrogen and oxygen atoms in total. The summed E-state index contributed by atoms with van der Waals surface area (Å²) in [6, 6.07) is 2.74. The number of carbonyl (C=O) groups is 2. The molecule has 1 aromatic rings. The van der Waals surface area contributed by atoms with Gasteiger partial charge in [0.25, 0.3) is 5.91 Å². The van der Waals surface area contributed by atoms with Gasteiger partial charge in [-0.05, 0) is 18.1 Å². The molecule has 0 saturated carbocycles. The fourth-order valence-electron chi connectivity index (χ4n) is 2.16. The van der Waals surface area contributed by atoms with Crippen molar-refractivity contribution in [2.24, 2.45) is 5.92 Å². The molecule has 5 heteroatoms. The molecule has 0 fully saturated rings. The molecule has 1 N–H and O–H groups in total. The average Bonchev–Trinajstić information content (AvgIpc) is 2.69. The van der Waals surface area contributed by atoms with Gasteiger partial charge in [-0.2, -0.15) is 0 Å². The van der Waals surface area contributed by atoms with E-state index in [1.165, 1.54) is 4.90 Å². The van der Waals surface area contributed by atoms with Crippen molar-refractivity contribution in [1.29, 1.82) is 0 Å². The van der Waals surface area contributed by atoms with Crippen LogP contribution in [0.5, 0.6) is 0 Å². The van der Waals surface area contributed by atoms with Crippen LogP contribution in [0, 0.1) is 5.92 Å². The van der Waals surface area contributed by atoms with E-state index in [4.69, 9.17) is 0 Å². The Balaban J connectivity index is 2.34. The maximum atomic E-state index is 12.2. The van der Waals surface area contributed by atoms with Gasteiger partial charge in [-0.15, -0.1) is 0 Å². The van der Waals surface area contributed by atoms with Gasteiger partial charge in [-0.25, -0.2) is 4.79 Å². The Labute approximate surface area is 99.6 Å². The molecule has 17 heavy (non-hydrogen) atoms. The zero-order valence-electron chi connectivity index (χ0n) is 9.96. The van der Waals surface area contributed by atoms with Crippen molar-refractivity contribution in [3.8, 4) is 0 Å². The van der Waals surface area contributed by atoms with Crippen molar-refractivity contribution >= 4 is 11.9 Å². The maximum Gasteiger partial charge on any atom is 0.328 e. The number of carbonyl (C=O) groups excluding carboxylic acids is 1. The zero-order valence-corrected chi connectivity index (χ0v) is 9.96. The molecule has 2 heterocycles. The lowest BCUT2D eigenvalue weighted by Crippen LogP contribution is -2.52. The van der Waals surface area contributed by atoms with Crippen LogP contribution in [0.4, 0.5) is 0 Å². The standard InChI is InChI=1S/C12H16N2O3/c1-8(2)6-14-10(12(16)17)7-13-5-3-4-9(13)11(14)15/h3-5,8,10H,6-7H2,1-2H3,(H,16,17)/t10-/m0/s1. The van der Waals surface area contributed by atoms with Gasteiger partial charge in [0.2, 0.25) is 0 Å². The highest BCUT2D eigenvalue weighted by Gasteiger charge is 2.36. The summed E-state index contributed by atoms with van der Waals surface area (Å²) in [6.45, 7) is 4.75. The predicted molar refractivity (Wildman–Crippen MR) is 61.7 cm³/mol. The highest BCUT2D eigenvalue weighted by molar-refractivity contribution is 5.96. The highest BCUT2D eigenvalue weighted by atomic mass is 16.4. The largest absolute Gasteiger partial charge is 0.480 e. The van der Waals surface area contributed by atoms with Crippen molar-refractivity contribution in [3.05, 3.63) is 24.0 Å². The summed E-state index contributed by atoms with van der Waals surface area (Å²) >= 11 is 0. The first-order valence-electron chi connectivity index (χ1n) is 5.69. The van der Waals surface area contributed by atoms with Crippen LogP contribution in [0.15, 0.2) is 18.3 Å². The number of rotatable bonds is 3. The summed E-state index contributed by atoms with van der Waals surface area (Å²) in [7, 11) is 0. The second-order valence-electron chi connectivity index (χ2n) is 4.75. The van der Waals surface area contributed by atoms with E-state index in [2.05, 4.69) is 0 Å². The number of hydrogen-bond acceptors (Lipinski definition) is 2. The smallest absolute Gasteiger partial charge is 0.328 e. The highest BCUT2D eigenvalue weighted by Crippen LogP contribution is 2.19. The third kappa shape index (κ3) is 2.05. The Morgan fingerprint density at radius 1 is 1.59 bits per heavy atom. The quantitative estimate of drug-likeness (QED) is 0.853. The number of amides is 1. The van der Waals surface area contributed by atoms with Gasteiger partial charge in [0.1, 0.15) is 11.7 Å². The number of nitrogens with zero attached hydrogens (tertiary/aromatic N) is 2. The molecule has 0 bridgehead atoms. The molecule has 1 atom stereocenters. The summed E-state index contributed by atoms with van der Waals surface area (Å²) in [4.78, 5) is 24.8. The van der Waals surface area contributed by atoms with E-state index >= 15 is 0 Å². The minimum atomic E-state index is -0.946. The summed E-state index contributed by atoms with van der Waals surface area (Å²) in [5.41, 5.74) is 0.572. The number of fused-ring (bicyclic) bond motifs is 1. The second-order valence-corrected chi connectivity index (χ2v) is 4.75. The lowest BCUT2D eigenvalue weighted by molar-refractivity contribution is -0.143. The summed E-state index contributed by atoms with van der Waals surface area (Å²) < 4.78 is 1.71. The maximum absolute atomic E-state index is 12.2. The summed E-state index contributed by atoms with van der Waals surface area (Å²) in [5.74, 6) is -0.886. The fraction of sp³-hybridized carbons (Fsp3) is 0.500. The van der Waals surface area contributed by atoms with Crippen molar-refractivity contribution in [1.82, 2.24) is 9.47 Å². The normalized spacial score (nSPS) is 19.6. The lowest BCUT2D eigenvalue weighted by Gasteiger charge is -2.35. The molecule has 0 aromatic carbocycles. The Kier molecular flexibility index (Phi) is 2.92. The molecule has 0 saturated heterocycles. The Hall–Kier alpha value is -1.78. The third-order valence-electron chi connectivity index (χ3n) is 2.90. The molecule has 2 rings (SSSR count). The van der Waals surface area contributed by atoms with Crippen LogP contribution in [0.1, 0.15) is 24.3 Å². The molecular formula is C12H16N2O3. The van der Waals surface area contributed by atoms with Crippen molar-refractivity contribution in [2.75, 3.05) is 6.54 Å². The van der Waals surface area contributed by atoms with E-state index in [0.717, 1.165) is 0 Å². The third-order valence-corrected chi connectivity index (χ3v) is 2.90. The second kappa shape index (κ2) is 4.24. The van der Waals surface area contributed by atoms with Gasteiger partial charge in [0, 0.05) is 12.7 Å². The van der Waals surface area contributed by atoms with Crippen LogP contribution < -0.4 is 0 Å². The zero-order chi connectivity index (χ0) is 12.6. The van der Waals surface area contributed by atoms with Crippen molar-refractivity contribution in [3.63, 3.8) is 0 Å². The molecule has 0 radical (unpaired) electrons. The first-order valence-corrected chi connectivity index (χ1v) is 5.69. The molecule has 0 unspecified atom stereocenters. The number of aromatic nitrogens is 1. The Morgan fingerprint density at radius 2 is 2.29 bits per heavy atom. The predicted octanol–water partition coefficient (Wildman–Crippen LogP) is 1.05. The van der Waals surface area contributed by atoms with E-state index in [1.807, 2.05) is 13.8 Å². The van der Waals surface area contributed by atoms with Crippen LogP contribution >= 0.6 is 0 Å². The molecule has 0 aliphatic carbocycles. The molecule has 92 valence electrons. The number of aliphatic carboxylic acids is 1. The van der Waals surface area contributed by atoms with Crippen molar-refractivity contribution < 1.29 is 14.7 Å². The van der Waals surface area contributed by atoms with Crippen LogP contribution in [0.25, 0.3) is 0 Å². The van der Waals surface area contributed by atoms with Gasteiger partial charge in [-0.3, -0.25) is 4.79 Å². The Bertz CT molecular complexity index is 450. The average molecular weight is 236 g/mol. The lowest BCUT2D eigenvalue weighted by atomic mass is 10.1. The van der Waals surface area contributed by atoms with Crippen LogP contribution in [-0.4, -0.2) is 39.0 Å². The molecule has 1 aliphatic rings. The minimum Gasteiger partial charge on any atom is -0.480 e. The van der Waals surface area contributed by atoms with Crippen LogP contribution in [0.2, 0.25) is 0 Å². The first kappa shape index (κ1) is 11.7. The van der Waals surface area contributed by atoms with E-state index in [1.54, 1.807) is 22.9 Å². The summed E-state index contributed by atoms with van der Waals surface area (Å²) in [6.07, 6.45) is 1.75. The molecule has 1 aromatic heterocycles. The Morgan fingerprint density at radius 3 is 2.88 bits per heavy atom. The van der Waals surface area contributed by atoms with Gasteiger partial charge in [-0.1, -0.05) is 13.8 Å². The minimum absolute atomic E-state index is 0.192. The van der Waals surface area contributed by atoms with Gasteiger partial charge in [0.05, 0.1) is 6.54 Å². The fourth-order valence-corrected chi connectivity index (χ4v) is 2.16. The molecule has 1 amide bonds.